The van der Waals surface area contributed by atoms with Gasteiger partial charge in [0.2, 0.25) is 0 Å². The first-order valence-corrected chi connectivity index (χ1v) is 9.97. The molecule has 27 heavy (non-hydrogen) atoms. The first kappa shape index (κ1) is 19.5. The van der Waals surface area contributed by atoms with Crippen molar-refractivity contribution >= 4 is 28.2 Å². The van der Waals surface area contributed by atoms with E-state index in [4.69, 9.17) is 11.6 Å². The van der Waals surface area contributed by atoms with Gasteiger partial charge in [-0.15, -0.1) is 0 Å². The highest BCUT2D eigenvalue weighted by Gasteiger charge is 2.18. The van der Waals surface area contributed by atoms with Gasteiger partial charge in [-0.3, -0.25) is 0 Å². The second-order valence-electron chi connectivity index (χ2n) is 7.55. The Morgan fingerprint density at radius 2 is 1.74 bits per heavy atom. The van der Waals surface area contributed by atoms with Crippen molar-refractivity contribution in [3.05, 3.63) is 88.6 Å². The molecular weight excluding hydrogens is 350 g/mol. The zero-order chi connectivity index (χ0) is 19.7. The van der Waals surface area contributed by atoms with E-state index in [1.807, 2.05) is 24.3 Å². The summed E-state index contributed by atoms with van der Waals surface area (Å²) >= 11 is 6.07. The molecule has 3 aromatic rings. The molecule has 0 fully saturated rings. The molecule has 2 heteroatoms. The molecule has 0 radical (unpaired) electrons. The Bertz CT molecular complexity index is 1000. The van der Waals surface area contributed by atoms with E-state index in [-0.39, 0.29) is 0 Å². The van der Waals surface area contributed by atoms with Crippen molar-refractivity contribution < 1.29 is 0 Å². The van der Waals surface area contributed by atoms with Gasteiger partial charge in [0.1, 0.15) is 0 Å². The number of aromatic nitrogens is 1. The summed E-state index contributed by atoms with van der Waals surface area (Å²) < 4.78 is 2.28. The van der Waals surface area contributed by atoms with Crippen LogP contribution in [0.4, 0.5) is 0 Å². The average molecular weight is 378 g/mol. The van der Waals surface area contributed by atoms with Crippen LogP contribution >= 0.6 is 11.6 Å². The zero-order valence-electron chi connectivity index (χ0n) is 16.8. The minimum Gasteiger partial charge on any atom is -0.314 e. The van der Waals surface area contributed by atoms with Gasteiger partial charge in [0, 0.05) is 21.8 Å². The van der Waals surface area contributed by atoms with Gasteiger partial charge in [-0.2, -0.15) is 0 Å². The third-order valence-corrected chi connectivity index (χ3v) is 5.73. The van der Waals surface area contributed by atoms with Crippen molar-refractivity contribution in [1.82, 2.24) is 4.57 Å². The van der Waals surface area contributed by atoms with E-state index in [2.05, 4.69) is 63.6 Å². The van der Waals surface area contributed by atoms with Crippen molar-refractivity contribution in [2.75, 3.05) is 0 Å². The average Bonchev–Trinajstić information content (AvgIpc) is 2.92. The zero-order valence-corrected chi connectivity index (χ0v) is 17.5. The molecule has 3 rings (SSSR count). The second-order valence-corrected chi connectivity index (χ2v) is 7.98. The maximum absolute atomic E-state index is 6.07. The van der Waals surface area contributed by atoms with Gasteiger partial charge in [-0.05, 0) is 66.6 Å². The predicted molar refractivity (Wildman–Crippen MR) is 120 cm³/mol. The quantitative estimate of drug-likeness (QED) is 0.393. The van der Waals surface area contributed by atoms with Crippen LogP contribution in [0.15, 0.2) is 61.2 Å². The summed E-state index contributed by atoms with van der Waals surface area (Å²) in [7, 11) is 0. The Kier molecular flexibility index (Phi) is 5.62. The van der Waals surface area contributed by atoms with Crippen molar-refractivity contribution in [2.24, 2.45) is 5.92 Å². The highest BCUT2D eigenvalue weighted by molar-refractivity contribution is 6.30. The molecule has 0 aliphatic rings. The Morgan fingerprint density at radius 1 is 1.07 bits per heavy atom. The van der Waals surface area contributed by atoms with Crippen molar-refractivity contribution in [2.45, 2.75) is 40.5 Å². The van der Waals surface area contributed by atoms with Crippen molar-refractivity contribution in [1.29, 1.82) is 0 Å². The van der Waals surface area contributed by atoms with E-state index in [0.29, 0.717) is 5.92 Å². The predicted octanol–water partition coefficient (Wildman–Crippen LogP) is 7.44. The van der Waals surface area contributed by atoms with Gasteiger partial charge < -0.3 is 4.57 Å². The number of allylic oxidation sites excluding steroid dienone is 1. The Balaban J connectivity index is 2.20. The number of hydrogen-bond donors (Lipinski definition) is 0. The molecule has 0 saturated heterocycles. The highest BCUT2D eigenvalue weighted by atomic mass is 35.5. The molecular formula is C25H28ClN. The minimum atomic E-state index is 0.469. The summed E-state index contributed by atoms with van der Waals surface area (Å²) in [6.45, 7) is 17.5. The van der Waals surface area contributed by atoms with Gasteiger partial charge in [0.15, 0.2) is 0 Å². The first-order valence-electron chi connectivity index (χ1n) is 9.59. The van der Waals surface area contributed by atoms with Crippen LogP contribution in [-0.2, 0) is 12.8 Å². The molecule has 0 aliphatic heterocycles. The molecule has 0 spiro atoms. The van der Waals surface area contributed by atoms with Gasteiger partial charge >= 0.3 is 0 Å². The highest BCUT2D eigenvalue weighted by Crippen LogP contribution is 2.34. The molecule has 0 unspecified atom stereocenters. The standard InChI is InChI=1S/C25H28ClN/c1-7-20-8-13-25-24(15-20)23(14-17(4)16(2)3)19(6)27(25)18(5)21-9-11-22(26)12-10-21/h8-13,15-16H,4-5,7,14H2,1-3,6H3. The topological polar surface area (TPSA) is 4.93 Å². The minimum absolute atomic E-state index is 0.469. The molecule has 0 bridgehead atoms. The summed E-state index contributed by atoms with van der Waals surface area (Å²) in [6, 6.07) is 14.7. The van der Waals surface area contributed by atoms with Crippen LogP contribution in [0.5, 0.6) is 0 Å². The van der Waals surface area contributed by atoms with Gasteiger partial charge in [0.05, 0.1) is 5.52 Å². The lowest BCUT2D eigenvalue weighted by Crippen LogP contribution is -2.02. The van der Waals surface area contributed by atoms with Gasteiger partial charge in [0.25, 0.3) is 0 Å². The normalized spacial score (nSPS) is 11.3. The van der Waals surface area contributed by atoms with E-state index in [0.717, 1.165) is 29.1 Å². The van der Waals surface area contributed by atoms with Crippen LogP contribution < -0.4 is 0 Å². The smallest absolute Gasteiger partial charge is 0.0534 e. The van der Waals surface area contributed by atoms with Crippen LogP contribution in [-0.4, -0.2) is 4.57 Å². The van der Waals surface area contributed by atoms with Gasteiger partial charge in [-0.25, -0.2) is 0 Å². The maximum Gasteiger partial charge on any atom is 0.0534 e. The third kappa shape index (κ3) is 3.75. The largest absolute Gasteiger partial charge is 0.314 e. The van der Waals surface area contributed by atoms with Crippen molar-refractivity contribution in [3.63, 3.8) is 0 Å². The van der Waals surface area contributed by atoms with Crippen LogP contribution in [0, 0.1) is 12.8 Å². The van der Waals surface area contributed by atoms with E-state index < -0.39 is 0 Å². The summed E-state index contributed by atoms with van der Waals surface area (Å²) in [5.41, 5.74) is 8.46. The lowest BCUT2D eigenvalue weighted by atomic mass is 9.95. The molecule has 0 atom stereocenters. The fourth-order valence-electron chi connectivity index (χ4n) is 3.52. The van der Waals surface area contributed by atoms with Gasteiger partial charge in [-0.1, -0.05) is 69.3 Å². The molecule has 140 valence electrons. The van der Waals surface area contributed by atoms with Crippen LogP contribution in [0.1, 0.15) is 43.2 Å². The van der Waals surface area contributed by atoms with Crippen LogP contribution in [0.2, 0.25) is 5.02 Å². The summed E-state index contributed by atoms with van der Waals surface area (Å²) in [4.78, 5) is 0. The van der Waals surface area contributed by atoms with E-state index in [1.54, 1.807) is 0 Å². The number of nitrogens with zero attached hydrogens (tertiary/aromatic N) is 1. The Morgan fingerprint density at radius 3 is 2.33 bits per heavy atom. The van der Waals surface area contributed by atoms with Crippen molar-refractivity contribution in [3.8, 4) is 0 Å². The lowest BCUT2D eigenvalue weighted by molar-refractivity contribution is 0.744. The molecule has 0 saturated carbocycles. The monoisotopic (exact) mass is 377 g/mol. The summed E-state index contributed by atoms with van der Waals surface area (Å²) in [6.07, 6.45) is 1.93. The lowest BCUT2D eigenvalue weighted by Gasteiger charge is -2.14. The SMILES string of the molecule is C=C(Cc1c(C)n(C(=C)c2ccc(Cl)cc2)c2ccc(CC)cc12)C(C)C. The number of aryl methyl sites for hydroxylation is 1. The maximum atomic E-state index is 6.07. The molecule has 0 N–H and O–H groups in total. The first-order chi connectivity index (χ1) is 12.8. The summed E-state index contributed by atoms with van der Waals surface area (Å²) in [5.74, 6) is 0.469. The Hall–Kier alpha value is -2.25. The molecule has 1 nitrogen and oxygen atoms in total. The molecule has 0 aliphatic carbocycles. The number of halogens is 1. The number of hydrogen-bond acceptors (Lipinski definition) is 0. The number of rotatable bonds is 6. The second kappa shape index (κ2) is 7.78. The third-order valence-electron chi connectivity index (χ3n) is 5.48. The van der Waals surface area contributed by atoms with Crippen LogP contribution in [0.25, 0.3) is 16.6 Å². The van der Waals surface area contributed by atoms with E-state index >= 15 is 0 Å². The van der Waals surface area contributed by atoms with Crippen LogP contribution in [0.3, 0.4) is 0 Å². The molecule has 2 aromatic carbocycles. The van der Waals surface area contributed by atoms with E-state index in [1.165, 1.54) is 33.3 Å². The fraction of sp³-hybridized carbons (Fsp3) is 0.280. The Labute approximate surface area is 168 Å². The van der Waals surface area contributed by atoms with E-state index in [9.17, 15) is 0 Å². The molecule has 0 amide bonds. The molecule has 1 aromatic heterocycles. The summed E-state index contributed by atoms with van der Waals surface area (Å²) in [5, 5.41) is 2.05. The fourth-order valence-corrected chi connectivity index (χ4v) is 3.65. The number of fused-ring (bicyclic) bond motifs is 1. The molecule has 1 heterocycles. The number of benzene rings is 2.